The molecule has 7 heteroatoms. The van der Waals surface area contributed by atoms with Crippen LogP contribution in [-0.4, -0.2) is 31.9 Å². The van der Waals surface area contributed by atoms with Gasteiger partial charge in [-0.3, -0.25) is 4.79 Å². The fraction of sp³-hybridized carbons (Fsp3) is 0.533. The van der Waals surface area contributed by atoms with Gasteiger partial charge in [0.2, 0.25) is 0 Å². The molecule has 2 aromatic rings. The van der Waals surface area contributed by atoms with Crippen molar-refractivity contribution in [2.45, 2.75) is 39.3 Å². The highest BCUT2D eigenvalue weighted by molar-refractivity contribution is 5.86. The van der Waals surface area contributed by atoms with Crippen LogP contribution in [0.1, 0.15) is 49.0 Å². The number of rotatable bonds is 4. The van der Waals surface area contributed by atoms with E-state index >= 15 is 0 Å². The molecule has 3 rings (SSSR count). The third kappa shape index (κ3) is 2.52. The average molecular weight is 305 g/mol. The Labute approximate surface area is 127 Å². The lowest BCUT2D eigenvalue weighted by atomic mass is 10.2. The summed E-state index contributed by atoms with van der Waals surface area (Å²) in [7, 11) is 0. The SMILES string of the molecule is CC(C)Cn1c(C(=O)O)cc(=O)n2nc(C3CCCO3)cc12. The van der Waals surface area contributed by atoms with Crippen LogP contribution in [-0.2, 0) is 11.3 Å². The fourth-order valence-electron chi connectivity index (χ4n) is 2.83. The van der Waals surface area contributed by atoms with Crippen LogP contribution < -0.4 is 5.56 Å². The van der Waals surface area contributed by atoms with E-state index in [1.807, 2.05) is 13.8 Å². The Morgan fingerprint density at radius 3 is 2.86 bits per heavy atom. The first-order valence-corrected chi connectivity index (χ1v) is 7.46. The molecule has 118 valence electrons. The Kier molecular flexibility index (Phi) is 3.74. The van der Waals surface area contributed by atoms with Gasteiger partial charge in [-0.05, 0) is 18.8 Å². The van der Waals surface area contributed by atoms with Gasteiger partial charge in [-0.15, -0.1) is 0 Å². The van der Waals surface area contributed by atoms with Crippen LogP contribution >= 0.6 is 0 Å². The largest absolute Gasteiger partial charge is 0.477 e. The smallest absolute Gasteiger partial charge is 0.352 e. The van der Waals surface area contributed by atoms with Gasteiger partial charge in [-0.25, -0.2) is 4.79 Å². The predicted octanol–water partition coefficient (Wildman–Crippen LogP) is 1.70. The van der Waals surface area contributed by atoms with E-state index in [4.69, 9.17) is 4.74 Å². The number of carbonyl (C=O) groups is 1. The van der Waals surface area contributed by atoms with E-state index in [9.17, 15) is 14.7 Å². The zero-order valence-electron chi connectivity index (χ0n) is 12.7. The summed E-state index contributed by atoms with van der Waals surface area (Å²) >= 11 is 0. The number of fused-ring (bicyclic) bond motifs is 1. The zero-order chi connectivity index (χ0) is 15.9. The molecule has 0 radical (unpaired) electrons. The summed E-state index contributed by atoms with van der Waals surface area (Å²) in [5.41, 5.74) is 0.750. The topological polar surface area (TPSA) is 85.8 Å². The highest BCUT2D eigenvalue weighted by atomic mass is 16.5. The van der Waals surface area contributed by atoms with Crippen molar-refractivity contribution in [2.75, 3.05) is 6.61 Å². The first-order valence-electron chi connectivity index (χ1n) is 7.46. The highest BCUT2D eigenvalue weighted by Crippen LogP contribution is 2.28. The number of hydrogen-bond donors (Lipinski definition) is 1. The molecule has 1 N–H and O–H groups in total. The summed E-state index contributed by atoms with van der Waals surface area (Å²) in [6.07, 6.45) is 1.73. The summed E-state index contributed by atoms with van der Waals surface area (Å²) in [5.74, 6) is -0.870. The number of aromatic nitrogens is 3. The van der Waals surface area contributed by atoms with E-state index < -0.39 is 11.5 Å². The molecule has 0 spiro atoms. The van der Waals surface area contributed by atoms with Crippen LogP contribution in [0.3, 0.4) is 0 Å². The molecule has 1 fully saturated rings. The van der Waals surface area contributed by atoms with Crippen LogP contribution in [0, 0.1) is 5.92 Å². The quantitative estimate of drug-likeness (QED) is 0.929. The molecule has 0 aliphatic carbocycles. The second-order valence-corrected chi connectivity index (χ2v) is 6.02. The van der Waals surface area contributed by atoms with Crippen LogP contribution in [0.5, 0.6) is 0 Å². The summed E-state index contributed by atoms with van der Waals surface area (Å²) < 4.78 is 8.51. The van der Waals surface area contributed by atoms with Gasteiger partial charge in [0, 0.05) is 25.3 Å². The van der Waals surface area contributed by atoms with E-state index in [0.29, 0.717) is 24.5 Å². The molecule has 0 saturated carbocycles. The lowest BCUT2D eigenvalue weighted by Gasteiger charge is -2.14. The lowest BCUT2D eigenvalue weighted by Crippen LogP contribution is -2.24. The maximum atomic E-state index is 12.2. The number of carboxylic acids is 1. The Morgan fingerprint density at radius 2 is 2.27 bits per heavy atom. The Morgan fingerprint density at radius 1 is 1.50 bits per heavy atom. The molecule has 1 aliphatic rings. The van der Waals surface area contributed by atoms with Crippen molar-refractivity contribution in [3.8, 4) is 0 Å². The van der Waals surface area contributed by atoms with E-state index in [1.54, 1.807) is 10.6 Å². The van der Waals surface area contributed by atoms with Gasteiger partial charge in [0.1, 0.15) is 17.4 Å². The number of hydrogen-bond acceptors (Lipinski definition) is 4. The third-order valence-corrected chi connectivity index (χ3v) is 3.77. The maximum Gasteiger partial charge on any atom is 0.352 e. The standard InChI is InChI=1S/C15H19N3O4/c1-9(2)8-17-11(15(20)21)7-14(19)18-13(17)6-10(16-18)12-4-3-5-22-12/h6-7,9,12H,3-5,8H2,1-2H3,(H,20,21). The zero-order valence-corrected chi connectivity index (χ0v) is 12.7. The molecular weight excluding hydrogens is 286 g/mol. The summed E-state index contributed by atoms with van der Waals surface area (Å²) in [4.78, 5) is 23.6. The minimum atomic E-state index is -1.11. The average Bonchev–Trinajstić information content (AvgIpc) is 3.08. The molecule has 1 unspecified atom stereocenters. The summed E-state index contributed by atoms with van der Waals surface area (Å²) in [6.45, 7) is 5.19. The predicted molar refractivity (Wildman–Crippen MR) is 79.2 cm³/mol. The van der Waals surface area contributed by atoms with Crippen LogP contribution in [0.15, 0.2) is 16.9 Å². The van der Waals surface area contributed by atoms with Gasteiger partial charge < -0.3 is 14.4 Å². The van der Waals surface area contributed by atoms with Gasteiger partial charge in [0.25, 0.3) is 5.56 Å². The molecule has 0 aromatic carbocycles. The fourth-order valence-corrected chi connectivity index (χ4v) is 2.83. The molecular formula is C15H19N3O4. The van der Waals surface area contributed by atoms with Crippen LogP contribution in [0.2, 0.25) is 0 Å². The maximum absolute atomic E-state index is 12.2. The molecule has 22 heavy (non-hydrogen) atoms. The van der Waals surface area contributed by atoms with E-state index in [-0.39, 0.29) is 17.7 Å². The molecule has 7 nitrogen and oxygen atoms in total. The van der Waals surface area contributed by atoms with E-state index in [0.717, 1.165) is 18.9 Å². The van der Waals surface area contributed by atoms with Crippen LogP contribution in [0.25, 0.3) is 5.65 Å². The van der Waals surface area contributed by atoms with Crippen molar-refractivity contribution >= 4 is 11.6 Å². The van der Waals surface area contributed by atoms with Gasteiger partial charge in [-0.1, -0.05) is 13.8 Å². The van der Waals surface area contributed by atoms with Crippen molar-refractivity contribution in [1.82, 2.24) is 14.2 Å². The second-order valence-electron chi connectivity index (χ2n) is 6.02. The second kappa shape index (κ2) is 5.57. The minimum Gasteiger partial charge on any atom is -0.477 e. The number of nitrogens with zero attached hydrogens (tertiary/aromatic N) is 3. The van der Waals surface area contributed by atoms with Crippen molar-refractivity contribution in [2.24, 2.45) is 5.92 Å². The number of ether oxygens (including phenoxy) is 1. The van der Waals surface area contributed by atoms with Crippen molar-refractivity contribution < 1.29 is 14.6 Å². The Balaban J connectivity index is 2.21. The number of aromatic carboxylic acids is 1. The third-order valence-electron chi connectivity index (χ3n) is 3.77. The molecule has 0 bridgehead atoms. The molecule has 2 aromatic heterocycles. The van der Waals surface area contributed by atoms with Gasteiger partial charge in [0.15, 0.2) is 0 Å². The molecule has 1 saturated heterocycles. The Hall–Kier alpha value is -2.15. The first kappa shape index (κ1) is 14.8. The Bertz CT molecular complexity index is 769. The molecule has 0 amide bonds. The molecule has 1 atom stereocenters. The van der Waals surface area contributed by atoms with E-state index in [2.05, 4.69) is 5.10 Å². The first-order chi connectivity index (χ1) is 10.5. The molecule has 1 aliphatic heterocycles. The van der Waals surface area contributed by atoms with Gasteiger partial charge >= 0.3 is 5.97 Å². The van der Waals surface area contributed by atoms with E-state index in [1.165, 1.54) is 4.52 Å². The highest BCUT2D eigenvalue weighted by Gasteiger charge is 2.23. The summed E-state index contributed by atoms with van der Waals surface area (Å²) in [5, 5.41) is 13.7. The van der Waals surface area contributed by atoms with Gasteiger partial charge in [-0.2, -0.15) is 9.61 Å². The normalized spacial score (nSPS) is 18.4. The minimum absolute atomic E-state index is 0.00927. The van der Waals surface area contributed by atoms with Crippen LogP contribution in [0.4, 0.5) is 0 Å². The van der Waals surface area contributed by atoms with Crippen molar-refractivity contribution in [1.29, 1.82) is 0 Å². The van der Waals surface area contributed by atoms with Crippen molar-refractivity contribution in [3.63, 3.8) is 0 Å². The van der Waals surface area contributed by atoms with Crippen molar-refractivity contribution in [3.05, 3.63) is 33.9 Å². The summed E-state index contributed by atoms with van der Waals surface area (Å²) in [6, 6.07) is 2.90. The number of carboxylic acid groups (broad SMARTS) is 1. The molecule has 3 heterocycles. The monoisotopic (exact) mass is 305 g/mol. The van der Waals surface area contributed by atoms with Gasteiger partial charge in [0.05, 0.1) is 5.69 Å². The lowest BCUT2D eigenvalue weighted by molar-refractivity contribution is 0.0683.